The van der Waals surface area contributed by atoms with Crippen molar-refractivity contribution in [2.75, 3.05) is 26.7 Å². The molecule has 2 nitrogen and oxygen atoms in total. The zero-order valence-electron chi connectivity index (χ0n) is 12.1. The van der Waals surface area contributed by atoms with Crippen molar-refractivity contribution in [1.82, 2.24) is 4.90 Å². The van der Waals surface area contributed by atoms with E-state index in [1.165, 1.54) is 37.9 Å². The molecular formula is C17H24BrNO. The fourth-order valence-corrected chi connectivity index (χ4v) is 4.60. The Bertz CT molecular complexity index is 447. The quantitative estimate of drug-likeness (QED) is 0.892. The summed E-state index contributed by atoms with van der Waals surface area (Å²) in [6.45, 7) is 2.74. The van der Waals surface area contributed by atoms with Gasteiger partial charge in [-0.2, -0.15) is 0 Å². The molecule has 0 radical (unpaired) electrons. The molecule has 3 rings (SSSR count). The minimum Gasteiger partial charge on any atom is -0.396 e. The van der Waals surface area contributed by atoms with Gasteiger partial charge in [-0.3, -0.25) is 0 Å². The third kappa shape index (κ3) is 2.68. The largest absolute Gasteiger partial charge is 0.396 e. The lowest BCUT2D eigenvalue weighted by atomic mass is 9.53. The summed E-state index contributed by atoms with van der Waals surface area (Å²) in [7, 11) is 2.24. The van der Waals surface area contributed by atoms with Crippen LogP contribution in [0.5, 0.6) is 0 Å². The first kappa shape index (κ1) is 14.6. The Morgan fingerprint density at radius 2 is 1.95 bits per heavy atom. The van der Waals surface area contributed by atoms with E-state index >= 15 is 0 Å². The smallest absolute Gasteiger partial charge is 0.0468 e. The predicted octanol–water partition coefficient (Wildman–Crippen LogP) is 3.50. The number of rotatable bonds is 2. The number of aliphatic hydroxyl groups is 1. The molecule has 1 saturated carbocycles. The molecule has 1 aliphatic heterocycles. The van der Waals surface area contributed by atoms with E-state index in [1.54, 1.807) is 0 Å². The lowest BCUT2D eigenvalue weighted by Gasteiger charge is -2.54. The minimum absolute atomic E-state index is 0.339. The highest BCUT2D eigenvalue weighted by atomic mass is 79.9. The first-order valence-electron chi connectivity index (χ1n) is 7.75. The van der Waals surface area contributed by atoms with E-state index in [2.05, 4.69) is 52.1 Å². The first-order chi connectivity index (χ1) is 9.70. The molecular weight excluding hydrogens is 314 g/mol. The Kier molecular flexibility index (Phi) is 4.49. The molecule has 1 heterocycles. The van der Waals surface area contributed by atoms with Gasteiger partial charge in [0.05, 0.1) is 0 Å². The van der Waals surface area contributed by atoms with Crippen molar-refractivity contribution in [1.29, 1.82) is 0 Å². The van der Waals surface area contributed by atoms with Gasteiger partial charge in [0, 0.05) is 17.6 Å². The van der Waals surface area contributed by atoms with Gasteiger partial charge in [0.25, 0.3) is 0 Å². The third-order valence-electron chi connectivity index (χ3n) is 5.34. The second-order valence-corrected chi connectivity index (χ2v) is 7.43. The molecule has 4 atom stereocenters. The summed E-state index contributed by atoms with van der Waals surface area (Å²) in [4.78, 5) is 2.48. The molecule has 0 aromatic heterocycles. The van der Waals surface area contributed by atoms with Crippen LogP contribution in [0.15, 0.2) is 28.7 Å². The monoisotopic (exact) mass is 337 g/mol. The Hall–Kier alpha value is -0.380. The van der Waals surface area contributed by atoms with Gasteiger partial charge >= 0.3 is 0 Å². The summed E-state index contributed by atoms with van der Waals surface area (Å²) in [5.41, 5.74) is 1.41. The Morgan fingerprint density at radius 3 is 2.65 bits per heavy atom. The third-order valence-corrected chi connectivity index (χ3v) is 5.87. The number of likely N-dealkylation sites (tertiary alicyclic amines) is 1. The zero-order valence-corrected chi connectivity index (χ0v) is 13.7. The molecule has 2 aliphatic rings. The zero-order chi connectivity index (χ0) is 14.1. The highest BCUT2D eigenvalue weighted by molar-refractivity contribution is 9.10. The fourth-order valence-electron chi connectivity index (χ4n) is 4.34. The molecule has 1 unspecified atom stereocenters. The molecule has 1 aliphatic carbocycles. The maximum Gasteiger partial charge on any atom is 0.0468 e. The SMILES string of the molecule is CN1CCCCC2[C@@H](C1)[C@@H](c1ccc(Br)cc1)[C@H]2CO. The van der Waals surface area contributed by atoms with E-state index in [9.17, 15) is 5.11 Å². The van der Waals surface area contributed by atoms with Crippen molar-refractivity contribution in [2.45, 2.75) is 25.2 Å². The van der Waals surface area contributed by atoms with Crippen LogP contribution in [-0.2, 0) is 0 Å². The van der Waals surface area contributed by atoms with Crippen molar-refractivity contribution in [3.05, 3.63) is 34.3 Å². The number of hydrogen-bond acceptors (Lipinski definition) is 2. The molecule has 1 aromatic rings. The Morgan fingerprint density at radius 1 is 1.20 bits per heavy atom. The number of aliphatic hydroxyl groups excluding tert-OH is 1. The molecule has 2 fully saturated rings. The van der Waals surface area contributed by atoms with E-state index in [0.29, 0.717) is 18.4 Å². The van der Waals surface area contributed by atoms with E-state index in [-0.39, 0.29) is 0 Å². The Labute approximate surface area is 130 Å². The summed E-state index contributed by atoms with van der Waals surface area (Å²) in [5.74, 6) is 2.45. The highest BCUT2D eigenvalue weighted by Crippen LogP contribution is 2.54. The lowest BCUT2D eigenvalue weighted by Crippen LogP contribution is -2.52. The van der Waals surface area contributed by atoms with Gasteiger partial charge in [0.1, 0.15) is 0 Å². The van der Waals surface area contributed by atoms with Gasteiger partial charge < -0.3 is 10.0 Å². The van der Waals surface area contributed by atoms with Gasteiger partial charge in [-0.05, 0) is 67.8 Å². The first-order valence-corrected chi connectivity index (χ1v) is 8.55. The van der Waals surface area contributed by atoms with Crippen molar-refractivity contribution >= 4 is 15.9 Å². The van der Waals surface area contributed by atoms with E-state index in [4.69, 9.17) is 0 Å². The van der Waals surface area contributed by atoms with Gasteiger partial charge in [-0.25, -0.2) is 0 Å². The molecule has 20 heavy (non-hydrogen) atoms. The minimum atomic E-state index is 0.339. The maximum absolute atomic E-state index is 9.82. The van der Waals surface area contributed by atoms with Crippen molar-refractivity contribution in [3.8, 4) is 0 Å². The van der Waals surface area contributed by atoms with Crippen molar-refractivity contribution < 1.29 is 5.11 Å². The second-order valence-electron chi connectivity index (χ2n) is 6.51. The summed E-state index contributed by atoms with van der Waals surface area (Å²) in [5, 5.41) is 9.82. The maximum atomic E-state index is 9.82. The second kappa shape index (κ2) is 6.17. The standard InChI is InChI=1S/C17H24BrNO/c1-19-9-3-2-4-14-15(10-19)17(16(14)11-20)12-5-7-13(18)8-6-12/h5-8,14-17,20H,2-4,9-11H2,1H3/t14?,15-,16+,17-/m1/s1. The molecule has 110 valence electrons. The number of nitrogens with zero attached hydrogens (tertiary/aromatic N) is 1. The van der Waals surface area contributed by atoms with Gasteiger partial charge in [0.2, 0.25) is 0 Å². The van der Waals surface area contributed by atoms with Crippen LogP contribution in [0.4, 0.5) is 0 Å². The predicted molar refractivity (Wildman–Crippen MR) is 85.8 cm³/mol. The van der Waals surface area contributed by atoms with Crippen LogP contribution in [-0.4, -0.2) is 36.8 Å². The molecule has 1 N–H and O–H groups in total. The molecule has 0 spiro atoms. The van der Waals surface area contributed by atoms with Gasteiger partial charge in [-0.15, -0.1) is 0 Å². The molecule has 3 heteroatoms. The van der Waals surface area contributed by atoms with Gasteiger partial charge in [0.15, 0.2) is 0 Å². The lowest BCUT2D eigenvalue weighted by molar-refractivity contribution is -0.0367. The van der Waals surface area contributed by atoms with Crippen molar-refractivity contribution in [2.24, 2.45) is 17.8 Å². The normalized spacial score (nSPS) is 34.8. The number of fused-ring (bicyclic) bond motifs is 1. The number of hydrogen-bond donors (Lipinski definition) is 1. The van der Waals surface area contributed by atoms with Crippen LogP contribution in [0.25, 0.3) is 0 Å². The van der Waals surface area contributed by atoms with Crippen LogP contribution in [0.3, 0.4) is 0 Å². The Balaban J connectivity index is 1.83. The van der Waals surface area contributed by atoms with Crippen LogP contribution in [0.1, 0.15) is 30.7 Å². The molecule has 1 saturated heterocycles. The van der Waals surface area contributed by atoms with Crippen molar-refractivity contribution in [3.63, 3.8) is 0 Å². The van der Waals surface area contributed by atoms with Crippen LogP contribution in [0.2, 0.25) is 0 Å². The van der Waals surface area contributed by atoms with Crippen LogP contribution >= 0.6 is 15.9 Å². The topological polar surface area (TPSA) is 23.5 Å². The van der Waals surface area contributed by atoms with Crippen LogP contribution in [0, 0.1) is 17.8 Å². The molecule has 1 aromatic carbocycles. The number of halogens is 1. The fraction of sp³-hybridized carbons (Fsp3) is 0.647. The highest BCUT2D eigenvalue weighted by Gasteiger charge is 2.50. The van der Waals surface area contributed by atoms with E-state index < -0.39 is 0 Å². The average molecular weight is 338 g/mol. The van der Waals surface area contributed by atoms with Crippen LogP contribution < -0.4 is 0 Å². The molecule has 0 bridgehead atoms. The average Bonchev–Trinajstić information content (AvgIpc) is 2.42. The molecule has 0 amide bonds. The summed E-state index contributed by atoms with van der Waals surface area (Å²) >= 11 is 3.51. The summed E-state index contributed by atoms with van der Waals surface area (Å²) in [6.07, 6.45) is 3.92. The summed E-state index contributed by atoms with van der Waals surface area (Å²) < 4.78 is 1.13. The van der Waals surface area contributed by atoms with E-state index in [1.807, 2.05) is 0 Å². The van der Waals surface area contributed by atoms with E-state index in [0.717, 1.165) is 16.3 Å². The summed E-state index contributed by atoms with van der Waals surface area (Å²) in [6, 6.07) is 8.71. The number of benzene rings is 1. The van der Waals surface area contributed by atoms with Gasteiger partial charge in [-0.1, -0.05) is 34.5 Å².